The Morgan fingerprint density at radius 2 is 1.88 bits per heavy atom. The van der Waals surface area contributed by atoms with Crippen LogP contribution in [0.25, 0.3) is 10.8 Å². The number of aryl methyl sites for hydroxylation is 1. The molecule has 3 rings (SSSR count). The monoisotopic (exact) mass is 325 g/mol. The first kappa shape index (κ1) is 16.5. The molecule has 1 N–H and O–H groups in total. The average Bonchev–Trinajstić information content (AvgIpc) is 2.97. The topological polar surface area (TPSA) is 57.6 Å². The Labute approximate surface area is 142 Å². The normalized spacial score (nSPS) is 20.5. The van der Waals surface area contributed by atoms with E-state index in [1.54, 1.807) is 4.90 Å². The minimum atomic E-state index is -0.797. The zero-order valence-corrected chi connectivity index (χ0v) is 13.9. The highest BCUT2D eigenvalue weighted by atomic mass is 16.4. The summed E-state index contributed by atoms with van der Waals surface area (Å²) in [5.41, 5.74) is 1.24. The maximum Gasteiger partial charge on any atom is 0.308 e. The summed E-state index contributed by atoms with van der Waals surface area (Å²) in [6.45, 7) is 2.82. The zero-order chi connectivity index (χ0) is 17.1. The SMILES string of the molecule is C[C@@H]1CN(C(=O)CCCc2ccc3ccccc3c2)C[C@H]1C(=O)O. The lowest BCUT2D eigenvalue weighted by Gasteiger charge is -2.15. The van der Waals surface area contributed by atoms with Crippen molar-refractivity contribution in [3.63, 3.8) is 0 Å². The van der Waals surface area contributed by atoms with Crippen LogP contribution in [0.3, 0.4) is 0 Å². The van der Waals surface area contributed by atoms with E-state index in [2.05, 4.69) is 30.3 Å². The first-order valence-electron chi connectivity index (χ1n) is 8.53. The molecule has 4 nitrogen and oxygen atoms in total. The number of carboxylic acid groups (broad SMARTS) is 1. The second-order valence-corrected chi connectivity index (χ2v) is 6.76. The van der Waals surface area contributed by atoms with Crippen molar-refractivity contribution < 1.29 is 14.7 Å². The quantitative estimate of drug-likeness (QED) is 0.917. The molecule has 1 aliphatic rings. The largest absolute Gasteiger partial charge is 0.481 e. The second kappa shape index (κ2) is 7.04. The van der Waals surface area contributed by atoms with Crippen LogP contribution in [-0.2, 0) is 16.0 Å². The first-order valence-corrected chi connectivity index (χ1v) is 8.53. The van der Waals surface area contributed by atoms with Crippen molar-refractivity contribution >= 4 is 22.6 Å². The summed E-state index contributed by atoms with van der Waals surface area (Å²) in [6, 6.07) is 14.7. The van der Waals surface area contributed by atoms with Gasteiger partial charge in [-0.2, -0.15) is 0 Å². The van der Waals surface area contributed by atoms with Gasteiger partial charge in [-0.15, -0.1) is 0 Å². The van der Waals surface area contributed by atoms with Crippen molar-refractivity contribution in [3.05, 3.63) is 48.0 Å². The molecule has 0 aliphatic carbocycles. The van der Waals surface area contributed by atoms with E-state index in [-0.39, 0.29) is 11.8 Å². The maximum atomic E-state index is 12.3. The van der Waals surface area contributed by atoms with Gasteiger partial charge in [0.05, 0.1) is 5.92 Å². The first-order chi connectivity index (χ1) is 11.5. The number of amides is 1. The summed E-state index contributed by atoms with van der Waals surface area (Å²) in [6.07, 6.45) is 2.13. The summed E-state index contributed by atoms with van der Waals surface area (Å²) >= 11 is 0. The Kier molecular flexibility index (Phi) is 4.84. The van der Waals surface area contributed by atoms with Crippen LogP contribution >= 0.6 is 0 Å². The van der Waals surface area contributed by atoms with Crippen molar-refractivity contribution in [3.8, 4) is 0 Å². The molecule has 24 heavy (non-hydrogen) atoms. The summed E-state index contributed by atoms with van der Waals surface area (Å²) in [5.74, 6) is -1.11. The van der Waals surface area contributed by atoms with Crippen molar-refractivity contribution in [1.82, 2.24) is 4.90 Å². The van der Waals surface area contributed by atoms with E-state index in [9.17, 15) is 9.59 Å². The molecule has 1 aliphatic heterocycles. The van der Waals surface area contributed by atoms with Crippen LogP contribution < -0.4 is 0 Å². The molecule has 0 unspecified atom stereocenters. The van der Waals surface area contributed by atoms with Gasteiger partial charge in [-0.25, -0.2) is 0 Å². The minimum Gasteiger partial charge on any atom is -0.481 e. The number of likely N-dealkylation sites (tertiary alicyclic amines) is 1. The Balaban J connectivity index is 1.52. The number of nitrogens with zero attached hydrogens (tertiary/aromatic N) is 1. The highest BCUT2D eigenvalue weighted by Crippen LogP contribution is 2.24. The molecule has 1 heterocycles. The van der Waals surface area contributed by atoms with Crippen LogP contribution in [0.15, 0.2) is 42.5 Å². The second-order valence-electron chi connectivity index (χ2n) is 6.76. The van der Waals surface area contributed by atoms with Gasteiger partial charge in [0, 0.05) is 19.5 Å². The predicted octanol–water partition coefficient (Wildman–Crippen LogP) is 3.34. The summed E-state index contributed by atoms with van der Waals surface area (Å²) in [7, 11) is 0. The number of carboxylic acids is 1. The van der Waals surface area contributed by atoms with Crippen molar-refractivity contribution in [2.75, 3.05) is 13.1 Å². The fourth-order valence-electron chi connectivity index (χ4n) is 3.49. The Hall–Kier alpha value is -2.36. The molecular weight excluding hydrogens is 302 g/mol. The predicted molar refractivity (Wildman–Crippen MR) is 93.8 cm³/mol. The molecule has 0 radical (unpaired) electrons. The molecule has 2 aromatic rings. The molecule has 0 aromatic heterocycles. The van der Waals surface area contributed by atoms with Gasteiger partial charge >= 0.3 is 5.97 Å². The fraction of sp³-hybridized carbons (Fsp3) is 0.400. The lowest BCUT2D eigenvalue weighted by Crippen LogP contribution is -2.29. The van der Waals surface area contributed by atoms with Crippen molar-refractivity contribution in [1.29, 1.82) is 0 Å². The third kappa shape index (κ3) is 3.58. The van der Waals surface area contributed by atoms with E-state index in [1.165, 1.54) is 16.3 Å². The average molecular weight is 325 g/mol. The van der Waals surface area contributed by atoms with Gasteiger partial charge in [-0.05, 0) is 35.1 Å². The van der Waals surface area contributed by atoms with Crippen LogP contribution in [0, 0.1) is 11.8 Å². The number of fused-ring (bicyclic) bond motifs is 1. The van der Waals surface area contributed by atoms with Crippen LogP contribution in [0.4, 0.5) is 0 Å². The van der Waals surface area contributed by atoms with Gasteiger partial charge in [0.25, 0.3) is 0 Å². The van der Waals surface area contributed by atoms with E-state index in [0.717, 1.165) is 12.8 Å². The highest BCUT2D eigenvalue weighted by Gasteiger charge is 2.36. The van der Waals surface area contributed by atoms with Gasteiger partial charge in [0.1, 0.15) is 0 Å². The number of aliphatic carboxylic acids is 1. The lowest BCUT2D eigenvalue weighted by molar-refractivity contribution is -0.142. The van der Waals surface area contributed by atoms with Crippen LogP contribution in [0.2, 0.25) is 0 Å². The molecule has 0 spiro atoms. The molecule has 1 fully saturated rings. The maximum absolute atomic E-state index is 12.3. The Morgan fingerprint density at radius 1 is 1.12 bits per heavy atom. The van der Waals surface area contributed by atoms with E-state index < -0.39 is 11.9 Å². The minimum absolute atomic E-state index is 0.0342. The number of carbonyl (C=O) groups excluding carboxylic acids is 1. The molecule has 126 valence electrons. The number of hydrogen-bond acceptors (Lipinski definition) is 2. The number of carbonyl (C=O) groups is 2. The smallest absolute Gasteiger partial charge is 0.308 e. The van der Waals surface area contributed by atoms with E-state index in [0.29, 0.717) is 19.5 Å². The van der Waals surface area contributed by atoms with E-state index in [1.807, 2.05) is 19.1 Å². The summed E-state index contributed by atoms with van der Waals surface area (Å²) in [4.78, 5) is 25.2. The van der Waals surface area contributed by atoms with Gasteiger partial charge in [0.2, 0.25) is 5.91 Å². The van der Waals surface area contributed by atoms with Crippen molar-refractivity contribution in [2.24, 2.45) is 11.8 Å². The summed E-state index contributed by atoms with van der Waals surface area (Å²) < 4.78 is 0. The van der Waals surface area contributed by atoms with E-state index >= 15 is 0 Å². The molecule has 0 saturated carbocycles. The zero-order valence-electron chi connectivity index (χ0n) is 13.9. The Morgan fingerprint density at radius 3 is 2.58 bits per heavy atom. The summed E-state index contributed by atoms with van der Waals surface area (Å²) in [5, 5.41) is 11.6. The van der Waals surface area contributed by atoms with Crippen molar-refractivity contribution in [2.45, 2.75) is 26.2 Å². The molecule has 1 amide bonds. The third-order valence-electron chi connectivity index (χ3n) is 4.95. The van der Waals surface area contributed by atoms with Gasteiger partial charge in [-0.3, -0.25) is 9.59 Å². The molecular formula is C20H23NO3. The molecule has 0 bridgehead atoms. The number of benzene rings is 2. The fourth-order valence-corrected chi connectivity index (χ4v) is 3.49. The van der Waals surface area contributed by atoms with E-state index in [4.69, 9.17) is 5.11 Å². The van der Waals surface area contributed by atoms with Gasteiger partial charge < -0.3 is 10.0 Å². The van der Waals surface area contributed by atoms with Crippen LogP contribution in [0.5, 0.6) is 0 Å². The number of rotatable bonds is 5. The van der Waals surface area contributed by atoms with Crippen LogP contribution in [0.1, 0.15) is 25.3 Å². The third-order valence-corrected chi connectivity index (χ3v) is 4.95. The Bertz CT molecular complexity index is 755. The van der Waals surface area contributed by atoms with Gasteiger partial charge in [-0.1, -0.05) is 49.4 Å². The standard InChI is InChI=1S/C20H23NO3/c1-14-12-21(13-18(14)20(23)24)19(22)8-4-5-15-9-10-16-6-2-3-7-17(16)11-15/h2-3,6-7,9-11,14,18H,4-5,8,12-13H2,1H3,(H,23,24)/t14-,18-/m1/s1. The number of hydrogen-bond donors (Lipinski definition) is 1. The molecule has 4 heteroatoms. The molecule has 2 aromatic carbocycles. The highest BCUT2D eigenvalue weighted by molar-refractivity contribution is 5.83. The lowest BCUT2D eigenvalue weighted by atomic mass is 9.99. The molecule has 1 saturated heterocycles. The van der Waals surface area contributed by atoms with Crippen LogP contribution in [-0.4, -0.2) is 35.0 Å². The van der Waals surface area contributed by atoms with Gasteiger partial charge in [0.15, 0.2) is 0 Å². The molecule has 2 atom stereocenters.